The number of carboxylic acid groups (broad SMARTS) is 1. The van der Waals surface area contributed by atoms with Gasteiger partial charge in [-0.05, 0) is 32.9 Å². The molecule has 0 saturated carbocycles. The average molecular weight is 367 g/mol. The predicted octanol–water partition coefficient (Wildman–Crippen LogP) is 2.55. The molecule has 0 radical (unpaired) electrons. The van der Waals surface area contributed by atoms with Gasteiger partial charge in [-0.3, -0.25) is 4.90 Å². The second-order valence-corrected chi connectivity index (χ2v) is 6.98. The molecular weight excluding hydrogens is 342 g/mol. The highest BCUT2D eigenvalue weighted by atomic mass is 16.6. The van der Waals surface area contributed by atoms with Crippen LogP contribution in [-0.2, 0) is 9.53 Å². The molecule has 1 aliphatic heterocycles. The van der Waals surface area contributed by atoms with Crippen molar-refractivity contribution in [2.45, 2.75) is 44.9 Å². The minimum atomic E-state index is -1.09. The molecule has 1 aliphatic rings. The minimum absolute atomic E-state index is 0.125. The minimum Gasteiger partial charge on any atom is -0.493 e. The number of hydrogen-bond acceptors (Lipinski definition) is 6. The Morgan fingerprint density at radius 1 is 1.15 bits per heavy atom. The SMILES string of the molecule is COc1ccc(OC2CC(C(=O)O)N(C(=O)OC(C)(C)C)C2)cc1OC. The second kappa shape index (κ2) is 7.72. The van der Waals surface area contributed by atoms with E-state index in [9.17, 15) is 14.7 Å². The maximum absolute atomic E-state index is 12.3. The van der Waals surface area contributed by atoms with E-state index < -0.39 is 29.8 Å². The lowest BCUT2D eigenvalue weighted by Gasteiger charge is -2.26. The molecular formula is C18H25NO7. The van der Waals surface area contributed by atoms with Crippen LogP contribution in [-0.4, -0.2) is 60.6 Å². The Kier molecular flexibility index (Phi) is 5.84. The highest BCUT2D eigenvalue weighted by Gasteiger charge is 2.42. The summed E-state index contributed by atoms with van der Waals surface area (Å²) in [5, 5.41) is 9.42. The topological polar surface area (TPSA) is 94.5 Å². The number of ether oxygens (including phenoxy) is 4. The third-order valence-corrected chi connectivity index (χ3v) is 3.83. The van der Waals surface area contributed by atoms with E-state index in [0.717, 1.165) is 0 Å². The summed E-state index contributed by atoms with van der Waals surface area (Å²) < 4.78 is 21.6. The van der Waals surface area contributed by atoms with Crippen LogP contribution in [0.5, 0.6) is 17.2 Å². The summed E-state index contributed by atoms with van der Waals surface area (Å²) in [5.74, 6) is 0.476. The molecule has 2 unspecified atom stereocenters. The fourth-order valence-corrected chi connectivity index (χ4v) is 2.72. The highest BCUT2D eigenvalue weighted by Crippen LogP contribution is 2.33. The number of carbonyl (C=O) groups is 2. The van der Waals surface area contributed by atoms with Gasteiger partial charge in [0.05, 0.1) is 20.8 Å². The van der Waals surface area contributed by atoms with Crippen LogP contribution >= 0.6 is 0 Å². The molecule has 1 N–H and O–H groups in total. The summed E-state index contributed by atoms with van der Waals surface area (Å²) in [4.78, 5) is 25.0. The van der Waals surface area contributed by atoms with Gasteiger partial charge in [-0.25, -0.2) is 9.59 Å². The smallest absolute Gasteiger partial charge is 0.411 e. The standard InChI is InChI=1S/C18H25NO7/c1-18(2,3)26-17(22)19-10-12(8-13(19)16(20)21)25-11-6-7-14(23-4)15(9-11)24-5/h6-7,9,12-13H,8,10H2,1-5H3,(H,20,21). The summed E-state index contributed by atoms with van der Waals surface area (Å²) in [6, 6.07) is 4.07. The van der Waals surface area contributed by atoms with Crippen LogP contribution in [0.3, 0.4) is 0 Å². The van der Waals surface area contributed by atoms with Crippen molar-refractivity contribution in [1.29, 1.82) is 0 Å². The van der Waals surface area contributed by atoms with E-state index in [0.29, 0.717) is 17.2 Å². The number of benzene rings is 1. The monoisotopic (exact) mass is 367 g/mol. The number of nitrogens with zero attached hydrogens (tertiary/aromatic N) is 1. The first-order chi connectivity index (χ1) is 12.1. The van der Waals surface area contributed by atoms with Crippen molar-refractivity contribution >= 4 is 12.1 Å². The van der Waals surface area contributed by atoms with Gasteiger partial charge in [0.25, 0.3) is 0 Å². The van der Waals surface area contributed by atoms with Crippen molar-refractivity contribution in [3.63, 3.8) is 0 Å². The zero-order valence-electron chi connectivity index (χ0n) is 15.6. The maximum atomic E-state index is 12.3. The Balaban J connectivity index is 2.12. The van der Waals surface area contributed by atoms with E-state index >= 15 is 0 Å². The molecule has 2 atom stereocenters. The summed E-state index contributed by atoms with van der Waals surface area (Å²) in [6.07, 6.45) is -0.965. The number of amides is 1. The van der Waals surface area contributed by atoms with Gasteiger partial charge in [-0.15, -0.1) is 0 Å². The van der Waals surface area contributed by atoms with Crippen molar-refractivity contribution in [2.75, 3.05) is 20.8 Å². The van der Waals surface area contributed by atoms with Gasteiger partial charge in [-0.1, -0.05) is 0 Å². The molecule has 144 valence electrons. The lowest BCUT2D eigenvalue weighted by molar-refractivity contribution is -0.142. The van der Waals surface area contributed by atoms with Crippen LogP contribution in [0.4, 0.5) is 4.79 Å². The Labute approximate surface area is 152 Å². The van der Waals surface area contributed by atoms with E-state index in [1.165, 1.54) is 19.1 Å². The third-order valence-electron chi connectivity index (χ3n) is 3.83. The van der Waals surface area contributed by atoms with E-state index in [-0.39, 0.29) is 13.0 Å². The zero-order valence-corrected chi connectivity index (χ0v) is 15.6. The van der Waals surface area contributed by atoms with Gasteiger partial charge in [0.1, 0.15) is 23.5 Å². The predicted molar refractivity (Wildman–Crippen MR) is 92.9 cm³/mol. The van der Waals surface area contributed by atoms with E-state index in [1.54, 1.807) is 39.0 Å². The van der Waals surface area contributed by atoms with Gasteiger partial charge >= 0.3 is 12.1 Å². The maximum Gasteiger partial charge on any atom is 0.411 e. The fraction of sp³-hybridized carbons (Fsp3) is 0.556. The Morgan fingerprint density at radius 3 is 2.35 bits per heavy atom. The van der Waals surface area contributed by atoms with Crippen LogP contribution in [0.1, 0.15) is 27.2 Å². The lowest BCUT2D eigenvalue weighted by atomic mass is 10.2. The van der Waals surface area contributed by atoms with Gasteiger partial charge in [0, 0.05) is 12.5 Å². The van der Waals surface area contributed by atoms with Crippen LogP contribution in [0.25, 0.3) is 0 Å². The quantitative estimate of drug-likeness (QED) is 0.854. The number of hydrogen-bond donors (Lipinski definition) is 1. The Hall–Kier alpha value is -2.64. The van der Waals surface area contributed by atoms with Crippen LogP contribution in [0.15, 0.2) is 18.2 Å². The van der Waals surface area contributed by atoms with Crippen molar-refractivity contribution < 1.29 is 33.6 Å². The van der Waals surface area contributed by atoms with Crippen LogP contribution < -0.4 is 14.2 Å². The molecule has 2 rings (SSSR count). The normalized spacial score (nSPS) is 19.8. The van der Waals surface area contributed by atoms with E-state index in [4.69, 9.17) is 18.9 Å². The molecule has 8 heteroatoms. The van der Waals surface area contributed by atoms with Crippen molar-refractivity contribution in [2.24, 2.45) is 0 Å². The summed E-state index contributed by atoms with van der Waals surface area (Å²) in [5.41, 5.74) is -0.706. The number of likely N-dealkylation sites (tertiary alicyclic amines) is 1. The zero-order chi connectivity index (χ0) is 19.5. The molecule has 0 aliphatic carbocycles. The first-order valence-corrected chi connectivity index (χ1v) is 8.25. The van der Waals surface area contributed by atoms with E-state index in [1.807, 2.05) is 0 Å². The molecule has 1 amide bonds. The molecule has 26 heavy (non-hydrogen) atoms. The molecule has 1 aromatic carbocycles. The summed E-state index contributed by atoms with van der Waals surface area (Å²) >= 11 is 0. The van der Waals surface area contributed by atoms with Crippen LogP contribution in [0, 0.1) is 0 Å². The number of rotatable bonds is 5. The molecule has 0 bridgehead atoms. The molecule has 0 aromatic heterocycles. The molecule has 1 saturated heterocycles. The molecule has 1 aromatic rings. The average Bonchev–Trinajstić information content (AvgIpc) is 2.97. The second-order valence-electron chi connectivity index (χ2n) is 6.98. The fourth-order valence-electron chi connectivity index (χ4n) is 2.72. The van der Waals surface area contributed by atoms with Crippen LogP contribution in [0.2, 0.25) is 0 Å². The van der Waals surface area contributed by atoms with Gasteiger partial charge in [0.15, 0.2) is 11.5 Å². The molecule has 8 nitrogen and oxygen atoms in total. The summed E-state index contributed by atoms with van der Waals surface area (Å²) in [7, 11) is 3.05. The summed E-state index contributed by atoms with van der Waals surface area (Å²) in [6.45, 7) is 5.32. The first-order valence-electron chi connectivity index (χ1n) is 8.25. The largest absolute Gasteiger partial charge is 0.493 e. The van der Waals surface area contributed by atoms with Gasteiger partial charge in [-0.2, -0.15) is 0 Å². The van der Waals surface area contributed by atoms with Crippen molar-refractivity contribution in [1.82, 2.24) is 4.90 Å². The van der Waals surface area contributed by atoms with E-state index in [2.05, 4.69) is 0 Å². The van der Waals surface area contributed by atoms with Crippen molar-refractivity contribution in [3.8, 4) is 17.2 Å². The number of methoxy groups -OCH3 is 2. The number of carboxylic acids is 1. The highest BCUT2D eigenvalue weighted by molar-refractivity contribution is 5.81. The third kappa shape index (κ3) is 4.71. The first kappa shape index (κ1) is 19.7. The van der Waals surface area contributed by atoms with Crippen molar-refractivity contribution in [3.05, 3.63) is 18.2 Å². The molecule has 1 heterocycles. The number of carbonyl (C=O) groups excluding carboxylic acids is 1. The Bertz CT molecular complexity index is 668. The molecule has 1 fully saturated rings. The Morgan fingerprint density at radius 2 is 1.81 bits per heavy atom. The lowest BCUT2D eigenvalue weighted by Crippen LogP contribution is -2.43. The molecule has 0 spiro atoms. The van der Waals surface area contributed by atoms with Gasteiger partial charge < -0.3 is 24.1 Å². The van der Waals surface area contributed by atoms with Gasteiger partial charge in [0.2, 0.25) is 0 Å². The number of aliphatic carboxylic acids is 1.